The van der Waals surface area contributed by atoms with Crippen molar-refractivity contribution >= 4 is 10.9 Å². The van der Waals surface area contributed by atoms with Crippen molar-refractivity contribution in [3.05, 3.63) is 66.4 Å². The standard InChI is InChI=1S/C18H19NO3/c1-22-16-9-5-8-14-10-11-19(18(14)16)17(15(21)12-20)13-6-3-2-4-7-13/h2-11,15,17,20-21H,12H2,1H3/t15-,17+/m1/s1. The Kier molecular flexibility index (Phi) is 4.13. The summed E-state index contributed by atoms with van der Waals surface area (Å²) in [6.07, 6.45) is 1.02. The number of benzene rings is 2. The van der Waals surface area contributed by atoms with Crippen LogP contribution in [-0.2, 0) is 0 Å². The van der Waals surface area contributed by atoms with E-state index < -0.39 is 6.10 Å². The van der Waals surface area contributed by atoms with Gasteiger partial charge in [-0.05, 0) is 17.7 Å². The molecule has 3 aromatic rings. The molecule has 22 heavy (non-hydrogen) atoms. The van der Waals surface area contributed by atoms with Crippen molar-refractivity contribution in [2.45, 2.75) is 12.1 Å². The summed E-state index contributed by atoms with van der Waals surface area (Å²) in [5.74, 6) is 0.744. The van der Waals surface area contributed by atoms with Gasteiger partial charge in [-0.2, -0.15) is 0 Å². The average Bonchev–Trinajstić information content (AvgIpc) is 3.00. The number of aliphatic hydroxyl groups is 2. The molecule has 3 rings (SSSR count). The lowest BCUT2D eigenvalue weighted by molar-refractivity contribution is 0.0653. The van der Waals surface area contributed by atoms with Gasteiger partial charge in [0.15, 0.2) is 0 Å². The Morgan fingerprint density at radius 1 is 1.05 bits per heavy atom. The molecule has 0 aliphatic carbocycles. The molecule has 4 heteroatoms. The first-order valence-electron chi connectivity index (χ1n) is 7.23. The fraction of sp³-hybridized carbons (Fsp3) is 0.222. The first-order valence-corrected chi connectivity index (χ1v) is 7.23. The first kappa shape index (κ1) is 14.6. The molecule has 0 radical (unpaired) electrons. The molecule has 0 bridgehead atoms. The summed E-state index contributed by atoms with van der Waals surface area (Å²) >= 11 is 0. The fourth-order valence-corrected chi connectivity index (χ4v) is 2.90. The molecule has 0 fully saturated rings. The highest BCUT2D eigenvalue weighted by molar-refractivity contribution is 5.86. The number of hydrogen-bond acceptors (Lipinski definition) is 3. The Morgan fingerprint density at radius 3 is 2.50 bits per heavy atom. The summed E-state index contributed by atoms with van der Waals surface area (Å²) in [4.78, 5) is 0. The van der Waals surface area contributed by atoms with Crippen LogP contribution in [0.3, 0.4) is 0 Å². The third-order valence-corrected chi connectivity index (χ3v) is 3.92. The van der Waals surface area contributed by atoms with E-state index in [1.54, 1.807) is 7.11 Å². The smallest absolute Gasteiger partial charge is 0.143 e. The molecular weight excluding hydrogens is 278 g/mol. The van der Waals surface area contributed by atoms with E-state index in [9.17, 15) is 10.2 Å². The molecule has 2 atom stereocenters. The van der Waals surface area contributed by atoms with Crippen LogP contribution in [0.1, 0.15) is 11.6 Å². The summed E-state index contributed by atoms with van der Waals surface area (Å²) in [7, 11) is 1.63. The lowest BCUT2D eigenvalue weighted by Gasteiger charge is -2.25. The van der Waals surface area contributed by atoms with Crippen LogP contribution < -0.4 is 4.74 Å². The summed E-state index contributed by atoms with van der Waals surface area (Å²) in [5, 5.41) is 20.9. The Hall–Kier alpha value is -2.30. The summed E-state index contributed by atoms with van der Waals surface area (Å²) in [5.41, 5.74) is 1.85. The molecule has 0 saturated heterocycles. The zero-order valence-corrected chi connectivity index (χ0v) is 12.4. The molecule has 2 aromatic carbocycles. The summed E-state index contributed by atoms with van der Waals surface area (Å²) in [6.45, 7) is -0.311. The molecule has 1 aromatic heterocycles. The maximum atomic E-state index is 10.4. The zero-order valence-electron chi connectivity index (χ0n) is 12.4. The number of rotatable bonds is 5. The lowest BCUT2D eigenvalue weighted by atomic mass is 10.0. The van der Waals surface area contributed by atoms with Crippen LogP contribution in [0.25, 0.3) is 10.9 Å². The minimum Gasteiger partial charge on any atom is -0.495 e. The second kappa shape index (κ2) is 6.22. The summed E-state index contributed by atoms with van der Waals surface area (Å²) < 4.78 is 7.42. The number of hydrogen-bond donors (Lipinski definition) is 2. The molecule has 1 heterocycles. The van der Waals surface area contributed by atoms with Crippen LogP contribution in [0.5, 0.6) is 5.75 Å². The number of fused-ring (bicyclic) bond motifs is 1. The highest BCUT2D eigenvalue weighted by atomic mass is 16.5. The minimum absolute atomic E-state index is 0.311. The van der Waals surface area contributed by atoms with E-state index in [0.29, 0.717) is 0 Å². The number of nitrogens with zero attached hydrogens (tertiary/aromatic N) is 1. The Bertz CT molecular complexity index is 751. The van der Waals surface area contributed by atoms with Gasteiger partial charge in [0.1, 0.15) is 11.9 Å². The van der Waals surface area contributed by atoms with Gasteiger partial charge in [0.25, 0.3) is 0 Å². The van der Waals surface area contributed by atoms with Crippen molar-refractivity contribution in [3.63, 3.8) is 0 Å². The highest BCUT2D eigenvalue weighted by Gasteiger charge is 2.24. The molecule has 0 amide bonds. The maximum Gasteiger partial charge on any atom is 0.143 e. The van der Waals surface area contributed by atoms with Crippen molar-refractivity contribution < 1.29 is 14.9 Å². The van der Waals surface area contributed by atoms with Gasteiger partial charge in [-0.3, -0.25) is 0 Å². The number of para-hydroxylation sites is 1. The van der Waals surface area contributed by atoms with Crippen LogP contribution >= 0.6 is 0 Å². The Morgan fingerprint density at radius 2 is 1.82 bits per heavy atom. The van der Waals surface area contributed by atoms with E-state index in [2.05, 4.69) is 0 Å². The molecule has 4 nitrogen and oxygen atoms in total. The predicted molar refractivity (Wildman–Crippen MR) is 86.2 cm³/mol. The molecule has 0 aliphatic heterocycles. The van der Waals surface area contributed by atoms with Crippen LogP contribution in [0.2, 0.25) is 0 Å². The number of aliphatic hydroxyl groups excluding tert-OH is 2. The third-order valence-electron chi connectivity index (χ3n) is 3.92. The zero-order chi connectivity index (χ0) is 15.5. The van der Waals surface area contributed by atoms with Gasteiger partial charge in [-0.1, -0.05) is 42.5 Å². The molecule has 0 aliphatic rings. The monoisotopic (exact) mass is 297 g/mol. The van der Waals surface area contributed by atoms with Gasteiger partial charge >= 0.3 is 0 Å². The van der Waals surface area contributed by atoms with Gasteiger partial charge in [-0.25, -0.2) is 0 Å². The Labute approximate surface area is 129 Å². The first-order chi connectivity index (χ1) is 10.8. The van der Waals surface area contributed by atoms with Crippen LogP contribution in [0.15, 0.2) is 60.8 Å². The summed E-state index contributed by atoms with van der Waals surface area (Å²) in [6, 6.07) is 17.1. The van der Waals surface area contributed by atoms with Gasteiger partial charge in [0.2, 0.25) is 0 Å². The van der Waals surface area contributed by atoms with Gasteiger partial charge in [-0.15, -0.1) is 0 Å². The van der Waals surface area contributed by atoms with Gasteiger partial charge in [0.05, 0.1) is 25.3 Å². The second-order valence-electron chi connectivity index (χ2n) is 5.23. The fourth-order valence-electron chi connectivity index (χ4n) is 2.90. The van der Waals surface area contributed by atoms with E-state index in [0.717, 1.165) is 22.2 Å². The van der Waals surface area contributed by atoms with E-state index >= 15 is 0 Å². The molecule has 0 spiro atoms. The van der Waals surface area contributed by atoms with Crippen LogP contribution in [-0.4, -0.2) is 34.6 Å². The largest absolute Gasteiger partial charge is 0.495 e. The van der Waals surface area contributed by atoms with E-state index in [1.807, 2.05) is 65.4 Å². The quantitative estimate of drug-likeness (QED) is 0.761. The number of methoxy groups -OCH3 is 1. The van der Waals surface area contributed by atoms with E-state index in [-0.39, 0.29) is 12.6 Å². The predicted octanol–water partition coefficient (Wildman–Crippen LogP) is 2.59. The van der Waals surface area contributed by atoms with Crippen molar-refractivity contribution in [2.75, 3.05) is 13.7 Å². The SMILES string of the molecule is COc1cccc2ccn([C@@H](c3ccccc3)[C@H](O)CO)c12. The molecule has 0 unspecified atom stereocenters. The lowest BCUT2D eigenvalue weighted by Crippen LogP contribution is -2.28. The van der Waals surface area contributed by atoms with E-state index in [4.69, 9.17) is 4.74 Å². The van der Waals surface area contributed by atoms with Crippen LogP contribution in [0.4, 0.5) is 0 Å². The van der Waals surface area contributed by atoms with Crippen molar-refractivity contribution in [2.24, 2.45) is 0 Å². The third kappa shape index (κ3) is 2.47. The topological polar surface area (TPSA) is 54.6 Å². The van der Waals surface area contributed by atoms with Crippen LogP contribution in [0, 0.1) is 0 Å². The maximum absolute atomic E-state index is 10.4. The number of ether oxygens (including phenoxy) is 1. The highest BCUT2D eigenvalue weighted by Crippen LogP contribution is 2.33. The Balaban J connectivity index is 2.21. The van der Waals surface area contributed by atoms with Crippen molar-refractivity contribution in [1.82, 2.24) is 4.57 Å². The van der Waals surface area contributed by atoms with Crippen molar-refractivity contribution in [1.29, 1.82) is 0 Å². The van der Waals surface area contributed by atoms with Gasteiger partial charge < -0.3 is 19.5 Å². The second-order valence-corrected chi connectivity index (χ2v) is 5.23. The van der Waals surface area contributed by atoms with Gasteiger partial charge in [0, 0.05) is 11.6 Å². The molecule has 2 N–H and O–H groups in total. The number of aromatic nitrogens is 1. The average molecular weight is 297 g/mol. The van der Waals surface area contributed by atoms with E-state index in [1.165, 1.54) is 0 Å². The molecule has 0 saturated carbocycles. The minimum atomic E-state index is -0.900. The molecular formula is C18H19NO3. The van der Waals surface area contributed by atoms with Crippen molar-refractivity contribution in [3.8, 4) is 5.75 Å². The normalized spacial score (nSPS) is 14.0. The molecule has 114 valence electrons.